The number of hydrogen-bond donors (Lipinski definition) is 1. The number of rotatable bonds is 4. The monoisotopic (exact) mass is 339 g/mol. The summed E-state index contributed by atoms with van der Waals surface area (Å²) in [5.74, 6) is -0.908. The van der Waals surface area contributed by atoms with Crippen molar-refractivity contribution in [2.75, 3.05) is 6.54 Å². The summed E-state index contributed by atoms with van der Waals surface area (Å²) in [5, 5.41) is 12.6. The molecule has 1 aromatic carbocycles. The second-order valence-corrected chi connectivity index (χ2v) is 5.79. The Morgan fingerprint density at radius 3 is 2.58 bits per heavy atom. The predicted octanol–water partition coefficient (Wildman–Crippen LogP) is 2.54. The summed E-state index contributed by atoms with van der Waals surface area (Å²) in [6.45, 7) is 1.79. The van der Waals surface area contributed by atoms with E-state index in [1.165, 1.54) is 4.68 Å². The Hall–Kier alpha value is -2.35. The van der Waals surface area contributed by atoms with Crippen LogP contribution in [0.25, 0.3) is 0 Å². The lowest BCUT2D eigenvalue weighted by molar-refractivity contribution is -0.141. The lowest BCUT2D eigenvalue weighted by atomic mass is 10.0. The van der Waals surface area contributed by atoms with Gasteiger partial charge in [0.1, 0.15) is 0 Å². The van der Waals surface area contributed by atoms with Gasteiger partial charge in [0.15, 0.2) is 5.69 Å². The second-order valence-electron chi connectivity index (χ2n) is 5.79. The summed E-state index contributed by atoms with van der Waals surface area (Å²) in [6, 6.07) is 8.30. The van der Waals surface area contributed by atoms with E-state index < -0.39 is 17.8 Å². The molecule has 2 aromatic rings. The van der Waals surface area contributed by atoms with E-state index in [-0.39, 0.29) is 6.42 Å². The van der Waals surface area contributed by atoms with Crippen LogP contribution in [0.15, 0.2) is 30.3 Å². The molecule has 128 valence electrons. The van der Waals surface area contributed by atoms with Gasteiger partial charge in [-0.1, -0.05) is 24.3 Å². The van der Waals surface area contributed by atoms with Gasteiger partial charge in [0.25, 0.3) is 0 Å². The first-order chi connectivity index (χ1) is 11.3. The molecule has 0 saturated heterocycles. The molecule has 1 aliphatic heterocycles. The van der Waals surface area contributed by atoms with Crippen LogP contribution in [0.1, 0.15) is 22.5 Å². The molecule has 1 aromatic heterocycles. The van der Waals surface area contributed by atoms with Crippen LogP contribution in [0.4, 0.5) is 13.2 Å². The fraction of sp³-hybridized carbons (Fsp3) is 0.375. The van der Waals surface area contributed by atoms with E-state index >= 15 is 0 Å². The molecule has 24 heavy (non-hydrogen) atoms. The molecule has 0 unspecified atom stereocenters. The average molecular weight is 339 g/mol. The largest absolute Gasteiger partial charge is 0.481 e. The molecule has 0 radical (unpaired) electrons. The standard InChI is InChI=1S/C16H16F3N3O2/c17-16(18,19)14-8-13-10-21(5-6-22(13)20-14)9-12-4-2-1-3-11(12)7-15(23)24/h1-4,8H,5-7,9-10H2,(H,23,24). The van der Waals surface area contributed by atoms with Crippen molar-refractivity contribution in [1.82, 2.24) is 14.7 Å². The average Bonchev–Trinajstić information content (AvgIpc) is 2.92. The van der Waals surface area contributed by atoms with Crippen LogP contribution in [0, 0.1) is 0 Å². The van der Waals surface area contributed by atoms with Crippen molar-refractivity contribution in [1.29, 1.82) is 0 Å². The molecular weight excluding hydrogens is 323 g/mol. The second kappa shape index (κ2) is 6.27. The number of nitrogens with zero attached hydrogens (tertiary/aromatic N) is 3. The summed E-state index contributed by atoms with van der Waals surface area (Å²) in [7, 11) is 0. The number of aromatic nitrogens is 2. The Labute approximate surface area is 136 Å². The number of alkyl halides is 3. The fourth-order valence-corrected chi connectivity index (χ4v) is 2.88. The highest BCUT2D eigenvalue weighted by Crippen LogP contribution is 2.30. The minimum absolute atomic E-state index is 0.0693. The zero-order valence-electron chi connectivity index (χ0n) is 12.8. The van der Waals surface area contributed by atoms with Gasteiger partial charge >= 0.3 is 12.1 Å². The summed E-state index contributed by atoms with van der Waals surface area (Å²) >= 11 is 0. The highest BCUT2D eigenvalue weighted by atomic mass is 19.4. The van der Waals surface area contributed by atoms with E-state index in [0.717, 1.165) is 17.2 Å². The Bertz CT molecular complexity index is 755. The van der Waals surface area contributed by atoms with Gasteiger partial charge in [0.05, 0.1) is 18.7 Å². The third-order valence-electron chi connectivity index (χ3n) is 4.02. The van der Waals surface area contributed by atoms with Crippen molar-refractivity contribution in [2.45, 2.75) is 32.2 Å². The molecule has 0 bridgehead atoms. The number of hydrogen-bond acceptors (Lipinski definition) is 3. The zero-order chi connectivity index (χ0) is 17.3. The van der Waals surface area contributed by atoms with E-state index in [2.05, 4.69) is 5.10 Å². The van der Waals surface area contributed by atoms with Crippen LogP contribution < -0.4 is 0 Å². The maximum absolute atomic E-state index is 12.7. The zero-order valence-corrected chi connectivity index (χ0v) is 12.8. The number of halogens is 3. The molecule has 3 rings (SSSR count). The van der Waals surface area contributed by atoms with Gasteiger partial charge in [0.2, 0.25) is 0 Å². The first-order valence-electron chi connectivity index (χ1n) is 7.48. The van der Waals surface area contributed by atoms with E-state index in [1.807, 2.05) is 17.0 Å². The molecule has 0 spiro atoms. The van der Waals surface area contributed by atoms with Crippen molar-refractivity contribution in [3.8, 4) is 0 Å². The third kappa shape index (κ3) is 3.59. The number of fused-ring (bicyclic) bond motifs is 1. The van der Waals surface area contributed by atoms with Crippen LogP contribution in [-0.4, -0.2) is 32.3 Å². The van der Waals surface area contributed by atoms with E-state index in [1.54, 1.807) is 12.1 Å². The summed E-state index contributed by atoms with van der Waals surface area (Å²) in [4.78, 5) is 12.9. The Morgan fingerprint density at radius 2 is 1.92 bits per heavy atom. The maximum Gasteiger partial charge on any atom is 0.435 e. The Kier molecular flexibility index (Phi) is 4.31. The van der Waals surface area contributed by atoms with Gasteiger partial charge in [-0.15, -0.1) is 0 Å². The van der Waals surface area contributed by atoms with Crippen molar-refractivity contribution in [3.63, 3.8) is 0 Å². The molecule has 1 aliphatic rings. The number of carboxylic acid groups (broad SMARTS) is 1. The summed E-state index contributed by atoms with van der Waals surface area (Å²) in [6.07, 6.45) is -4.51. The first-order valence-corrected chi connectivity index (χ1v) is 7.48. The minimum atomic E-state index is -4.44. The van der Waals surface area contributed by atoms with Crippen molar-refractivity contribution in [3.05, 3.63) is 52.8 Å². The summed E-state index contributed by atoms with van der Waals surface area (Å²) in [5.41, 5.74) is 1.25. The Morgan fingerprint density at radius 1 is 1.21 bits per heavy atom. The molecule has 0 saturated carbocycles. The van der Waals surface area contributed by atoms with Crippen molar-refractivity contribution >= 4 is 5.97 Å². The lowest BCUT2D eigenvalue weighted by Gasteiger charge is -2.28. The highest BCUT2D eigenvalue weighted by molar-refractivity contribution is 5.70. The third-order valence-corrected chi connectivity index (χ3v) is 4.02. The van der Waals surface area contributed by atoms with Crippen molar-refractivity contribution < 1.29 is 23.1 Å². The molecule has 0 atom stereocenters. The fourth-order valence-electron chi connectivity index (χ4n) is 2.88. The Balaban J connectivity index is 1.75. The highest BCUT2D eigenvalue weighted by Gasteiger charge is 2.35. The van der Waals surface area contributed by atoms with Gasteiger partial charge in [-0.3, -0.25) is 14.4 Å². The molecule has 0 aliphatic carbocycles. The molecular formula is C16H16F3N3O2. The molecule has 1 N–H and O–H groups in total. The van der Waals surface area contributed by atoms with Crippen LogP contribution >= 0.6 is 0 Å². The molecule has 0 amide bonds. The molecule has 5 nitrogen and oxygen atoms in total. The smallest absolute Gasteiger partial charge is 0.435 e. The number of benzene rings is 1. The minimum Gasteiger partial charge on any atom is -0.481 e. The van der Waals surface area contributed by atoms with Gasteiger partial charge in [-0.2, -0.15) is 18.3 Å². The van der Waals surface area contributed by atoms with Crippen LogP contribution in [-0.2, 0) is 37.0 Å². The molecule has 2 heterocycles. The van der Waals surface area contributed by atoms with E-state index in [4.69, 9.17) is 5.11 Å². The summed E-state index contributed by atoms with van der Waals surface area (Å²) < 4.78 is 39.6. The van der Waals surface area contributed by atoms with E-state index in [0.29, 0.717) is 31.9 Å². The predicted molar refractivity (Wildman–Crippen MR) is 79.1 cm³/mol. The quantitative estimate of drug-likeness (QED) is 0.930. The topological polar surface area (TPSA) is 58.4 Å². The normalized spacial score (nSPS) is 15.3. The number of aliphatic carboxylic acids is 1. The lowest BCUT2D eigenvalue weighted by Crippen LogP contribution is -2.33. The first kappa shape index (κ1) is 16.5. The van der Waals surface area contributed by atoms with Crippen LogP contribution in [0.5, 0.6) is 0 Å². The van der Waals surface area contributed by atoms with Crippen LogP contribution in [0.2, 0.25) is 0 Å². The SMILES string of the molecule is O=C(O)Cc1ccccc1CN1CCn2nc(C(F)(F)F)cc2C1. The molecule has 0 fully saturated rings. The van der Waals surface area contributed by atoms with Crippen molar-refractivity contribution in [2.24, 2.45) is 0 Å². The maximum atomic E-state index is 12.7. The van der Waals surface area contributed by atoms with Gasteiger partial charge < -0.3 is 5.11 Å². The van der Waals surface area contributed by atoms with Gasteiger partial charge in [0, 0.05) is 19.6 Å². The van der Waals surface area contributed by atoms with Gasteiger partial charge in [-0.25, -0.2) is 0 Å². The van der Waals surface area contributed by atoms with E-state index in [9.17, 15) is 18.0 Å². The number of carbonyl (C=O) groups is 1. The number of carboxylic acids is 1. The molecule has 8 heteroatoms. The van der Waals surface area contributed by atoms with Crippen LogP contribution in [0.3, 0.4) is 0 Å². The van der Waals surface area contributed by atoms with Gasteiger partial charge in [-0.05, 0) is 17.2 Å².